The molecule has 0 radical (unpaired) electrons. The molecule has 0 spiro atoms. The lowest BCUT2D eigenvalue weighted by molar-refractivity contribution is -0.116. The fourth-order valence-corrected chi connectivity index (χ4v) is 6.62. The minimum Gasteiger partial charge on any atom is -0.487 e. The topological polar surface area (TPSA) is 96.0 Å². The summed E-state index contributed by atoms with van der Waals surface area (Å²) in [5.41, 5.74) is 3.76. The van der Waals surface area contributed by atoms with Gasteiger partial charge in [-0.25, -0.2) is 4.98 Å². The number of carbonyl (C=O) groups is 2. The van der Waals surface area contributed by atoms with E-state index >= 15 is 0 Å². The molecule has 212 valence electrons. The number of carbonyl (C=O) groups excluding carboxylic acids is 2. The van der Waals surface area contributed by atoms with E-state index in [0.29, 0.717) is 35.7 Å². The van der Waals surface area contributed by atoms with Gasteiger partial charge in [0.15, 0.2) is 0 Å². The Morgan fingerprint density at radius 3 is 2.76 bits per heavy atom. The van der Waals surface area contributed by atoms with Crippen molar-refractivity contribution in [3.05, 3.63) is 75.4 Å². The Morgan fingerprint density at radius 1 is 1.12 bits per heavy atom. The Kier molecular flexibility index (Phi) is 6.92. The molecule has 0 unspecified atom stereocenters. The quantitative estimate of drug-likeness (QED) is 0.408. The van der Waals surface area contributed by atoms with Crippen LogP contribution in [0.4, 0.5) is 5.82 Å². The van der Waals surface area contributed by atoms with Crippen LogP contribution in [0.3, 0.4) is 0 Å². The molecule has 1 aliphatic carbocycles. The van der Waals surface area contributed by atoms with Crippen molar-refractivity contribution in [3.63, 3.8) is 0 Å². The van der Waals surface area contributed by atoms with Crippen LogP contribution in [-0.4, -0.2) is 71.5 Å². The van der Waals surface area contributed by atoms with Crippen LogP contribution in [0.15, 0.2) is 53.1 Å². The molecule has 2 fully saturated rings. The molecule has 0 bridgehead atoms. The van der Waals surface area contributed by atoms with Crippen molar-refractivity contribution >= 4 is 33.6 Å². The smallest absolute Gasteiger partial charge is 0.251 e. The lowest BCUT2D eigenvalue weighted by atomic mass is 10.1. The Labute approximate surface area is 247 Å². The van der Waals surface area contributed by atoms with E-state index in [9.17, 15) is 9.59 Å². The number of ether oxygens (including phenoxy) is 2. The van der Waals surface area contributed by atoms with E-state index in [0.717, 1.165) is 60.6 Å². The fourth-order valence-electron chi connectivity index (χ4n) is 6.11. The molecule has 1 aromatic heterocycles. The number of likely N-dealkylation sites (N-methyl/N-ethyl adjacent to an activating group) is 1. The Morgan fingerprint density at radius 2 is 1.95 bits per heavy atom. The first-order valence-electron chi connectivity index (χ1n) is 14.3. The molecule has 10 heteroatoms. The first-order valence-corrected chi connectivity index (χ1v) is 15.1. The summed E-state index contributed by atoms with van der Waals surface area (Å²) >= 11 is 3.70. The number of nitrogens with one attached hydrogen (secondary N) is 2. The number of halogens is 1. The maximum Gasteiger partial charge on any atom is 0.251 e. The Balaban J connectivity index is 0.991. The van der Waals surface area contributed by atoms with Crippen molar-refractivity contribution < 1.29 is 19.1 Å². The first-order chi connectivity index (χ1) is 20.0. The highest BCUT2D eigenvalue weighted by molar-refractivity contribution is 9.10. The zero-order valence-corrected chi connectivity index (χ0v) is 24.4. The van der Waals surface area contributed by atoms with Crippen molar-refractivity contribution in [3.8, 4) is 17.2 Å². The second kappa shape index (κ2) is 10.7. The molecule has 3 aliphatic heterocycles. The van der Waals surface area contributed by atoms with Gasteiger partial charge < -0.3 is 25.0 Å². The summed E-state index contributed by atoms with van der Waals surface area (Å²) in [6.07, 6.45) is 2.56. The molecular weight excluding hydrogens is 586 g/mol. The number of hydrogen-bond donors (Lipinski definition) is 2. The summed E-state index contributed by atoms with van der Waals surface area (Å²) in [6.45, 7) is 8.50. The highest BCUT2D eigenvalue weighted by Crippen LogP contribution is 2.54. The third-order valence-electron chi connectivity index (χ3n) is 8.58. The zero-order chi connectivity index (χ0) is 28.1. The predicted octanol–water partition coefficient (Wildman–Crippen LogP) is 4.32. The summed E-state index contributed by atoms with van der Waals surface area (Å²) in [7, 11) is 0. The first kappa shape index (κ1) is 26.4. The van der Waals surface area contributed by atoms with Crippen LogP contribution >= 0.6 is 15.9 Å². The standard InChI is InChI=1S/C31H32BrN5O4/c1-2-36-11-13-37(14-12-36)17-19-4-3-18(15-23(19)32)31(39)35-28-27-22-16-20(5-7-24(22)41-29(27)28)40-25-9-10-33-30-21(25)6-8-26(38)34-30/h3-5,7,9-10,15-16,27-29H,2,6,8,11-14,17H2,1H3,(H,35,39)(H,33,34,38)/t27-,28+,29-/m0/s1. The Bertz CT molecular complexity index is 1520. The van der Waals surface area contributed by atoms with Gasteiger partial charge in [-0.15, -0.1) is 0 Å². The van der Waals surface area contributed by atoms with Crippen molar-refractivity contribution in [1.82, 2.24) is 20.1 Å². The van der Waals surface area contributed by atoms with E-state index in [2.05, 4.69) is 54.3 Å². The number of fused-ring (bicyclic) bond motifs is 4. The normalized spacial score (nSPS) is 23.1. The van der Waals surface area contributed by atoms with E-state index < -0.39 is 0 Å². The zero-order valence-electron chi connectivity index (χ0n) is 22.9. The van der Waals surface area contributed by atoms with Crippen LogP contribution < -0.4 is 20.1 Å². The van der Waals surface area contributed by atoms with Gasteiger partial charge in [0.25, 0.3) is 5.91 Å². The maximum absolute atomic E-state index is 13.2. The van der Waals surface area contributed by atoms with Gasteiger partial charge in [0, 0.05) is 66.5 Å². The van der Waals surface area contributed by atoms with Gasteiger partial charge in [-0.05, 0) is 54.9 Å². The number of amides is 2. The van der Waals surface area contributed by atoms with Crippen molar-refractivity contribution in [2.45, 2.75) is 44.4 Å². The molecule has 2 amide bonds. The molecule has 1 saturated carbocycles. The molecule has 3 aromatic rings. The summed E-state index contributed by atoms with van der Waals surface area (Å²) in [4.78, 5) is 34.1. The molecule has 4 aliphatic rings. The van der Waals surface area contributed by atoms with Gasteiger partial charge in [0.2, 0.25) is 5.91 Å². The second-order valence-corrected chi connectivity index (χ2v) is 12.0. The van der Waals surface area contributed by atoms with Crippen LogP contribution in [0.25, 0.3) is 0 Å². The minimum atomic E-state index is -0.101. The predicted molar refractivity (Wildman–Crippen MR) is 158 cm³/mol. The largest absolute Gasteiger partial charge is 0.487 e. The molecule has 3 atom stereocenters. The van der Waals surface area contributed by atoms with Crippen LogP contribution in [0.1, 0.15) is 46.3 Å². The molecule has 2 aromatic carbocycles. The number of piperazine rings is 1. The minimum absolute atomic E-state index is 0.0333. The fraction of sp³-hybridized carbons (Fsp3) is 0.387. The van der Waals surface area contributed by atoms with Crippen LogP contribution in [0.5, 0.6) is 17.2 Å². The number of rotatable bonds is 7. The highest BCUT2D eigenvalue weighted by atomic mass is 79.9. The second-order valence-electron chi connectivity index (χ2n) is 11.1. The summed E-state index contributed by atoms with van der Waals surface area (Å²) < 4.78 is 13.3. The lowest BCUT2D eigenvalue weighted by Crippen LogP contribution is -2.45. The summed E-state index contributed by atoms with van der Waals surface area (Å²) in [5.74, 6) is 2.71. The van der Waals surface area contributed by atoms with Crippen LogP contribution in [-0.2, 0) is 17.8 Å². The van der Waals surface area contributed by atoms with E-state index in [1.807, 2.05) is 36.4 Å². The van der Waals surface area contributed by atoms with Gasteiger partial charge in [0.1, 0.15) is 29.2 Å². The molecule has 7 rings (SSSR count). The number of pyridine rings is 1. The van der Waals surface area contributed by atoms with E-state index in [4.69, 9.17) is 9.47 Å². The number of nitrogens with zero attached hydrogens (tertiary/aromatic N) is 3. The van der Waals surface area contributed by atoms with Gasteiger partial charge >= 0.3 is 0 Å². The number of benzene rings is 2. The molecule has 2 N–H and O–H groups in total. The molecule has 1 saturated heterocycles. The highest BCUT2D eigenvalue weighted by Gasteiger charge is 2.59. The monoisotopic (exact) mass is 617 g/mol. The number of hydrogen-bond acceptors (Lipinski definition) is 7. The van der Waals surface area contributed by atoms with Crippen LogP contribution in [0, 0.1) is 0 Å². The van der Waals surface area contributed by atoms with E-state index in [1.54, 1.807) is 6.20 Å². The average molecular weight is 619 g/mol. The van der Waals surface area contributed by atoms with Crippen LogP contribution in [0.2, 0.25) is 0 Å². The Hall–Kier alpha value is -3.47. The molecular formula is C31H32BrN5O4. The summed E-state index contributed by atoms with van der Waals surface area (Å²) in [5, 5.41) is 5.99. The lowest BCUT2D eigenvalue weighted by Gasteiger charge is -2.34. The van der Waals surface area contributed by atoms with Crippen molar-refractivity contribution in [1.29, 1.82) is 0 Å². The van der Waals surface area contributed by atoms with Crippen molar-refractivity contribution in [2.75, 3.05) is 38.0 Å². The third kappa shape index (κ3) is 5.20. The van der Waals surface area contributed by atoms with Gasteiger partial charge in [-0.3, -0.25) is 14.5 Å². The maximum atomic E-state index is 13.2. The van der Waals surface area contributed by atoms with Crippen molar-refractivity contribution in [2.24, 2.45) is 0 Å². The van der Waals surface area contributed by atoms with Gasteiger partial charge in [-0.1, -0.05) is 28.9 Å². The third-order valence-corrected chi connectivity index (χ3v) is 9.32. The summed E-state index contributed by atoms with van der Waals surface area (Å²) in [6, 6.07) is 13.4. The number of anilines is 1. The molecule has 4 heterocycles. The SMILES string of the molecule is CCN1CCN(Cc2ccc(C(=O)N[C@H]3[C@H]4Oc5ccc(Oc6ccnc7c6CCC(=O)N7)cc5[C@@H]34)cc2Br)CC1. The van der Waals surface area contributed by atoms with Gasteiger partial charge in [0.05, 0.1) is 12.0 Å². The van der Waals surface area contributed by atoms with E-state index in [-0.39, 0.29) is 29.9 Å². The molecule has 9 nitrogen and oxygen atoms in total. The van der Waals surface area contributed by atoms with E-state index in [1.165, 1.54) is 5.56 Å². The average Bonchev–Trinajstić information content (AvgIpc) is 3.50. The number of aromatic nitrogens is 1. The molecule has 41 heavy (non-hydrogen) atoms. The van der Waals surface area contributed by atoms with Gasteiger partial charge in [-0.2, -0.15) is 0 Å².